The van der Waals surface area contributed by atoms with Crippen molar-refractivity contribution in [3.63, 3.8) is 0 Å². The lowest BCUT2D eigenvalue weighted by Gasteiger charge is -2.19. The van der Waals surface area contributed by atoms with E-state index < -0.39 is 0 Å². The Hall–Kier alpha value is -1.81. The summed E-state index contributed by atoms with van der Waals surface area (Å²) in [7, 11) is 1.70. The highest BCUT2D eigenvalue weighted by atomic mass is 16.5. The van der Waals surface area contributed by atoms with Crippen LogP contribution in [0.15, 0.2) is 30.5 Å². The molecule has 2 aromatic rings. The van der Waals surface area contributed by atoms with Crippen molar-refractivity contribution in [3.05, 3.63) is 47.3 Å². The molecule has 0 saturated heterocycles. The van der Waals surface area contributed by atoms with Crippen LogP contribution in [0.3, 0.4) is 0 Å². The van der Waals surface area contributed by atoms with Gasteiger partial charge in [-0.25, -0.2) is 0 Å². The van der Waals surface area contributed by atoms with E-state index in [4.69, 9.17) is 4.74 Å². The van der Waals surface area contributed by atoms with Crippen LogP contribution < -0.4 is 10.1 Å². The van der Waals surface area contributed by atoms with Gasteiger partial charge < -0.3 is 10.1 Å². The first-order valence-corrected chi connectivity index (χ1v) is 7.14. The number of hydrogen-bond donors (Lipinski definition) is 2. The van der Waals surface area contributed by atoms with E-state index in [0.717, 1.165) is 23.9 Å². The highest BCUT2D eigenvalue weighted by molar-refractivity contribution is 5.30. The van der Waals surface area contributed by atoms with E-state index in [9.17, 15) is 0 Å². The molecule has 2 N–H and O–H groups in total. The normalized spacial score (nSPS) is 16.1. The molecule has 20 heavy (non-hydrogen) atoms. The molecule has 106 valence electrons. The number of H-pyrrole nitrogens is 1. The van der Waals surface area contributed by atoms with Gasteiger partial charge in [0.15, 0.2) is 0 Å². The molecule has 1 saturated carbocycles. The minimum Gasteiger partial charge on any atom is -0.497 e. The summed E-state index contributed by atoms with van der Waals surface area (Å²) in [6, 6.07) is 8.83. The van der Waals surface area contributed by atoms with Gasteiger partial charge in [-0.3, -0.25) is 5.10 Å². The molecule has 1 aromatic heterocycles. The zero-order chi connectivity index (χ0) is 13.9. The lowest BCUT2D eigenvalue weighted by Crippen LogP contribution is -2.22. The maximum Gasteiger partial charge on any atom is 0.118 e. The second kappa shape index (κ2) is 5.67. The smallest absolute Gasteiger partial charge is 0.118 e. The Morgan fingerprint density at radius 3 is 2.65 bits per heavy atom. The Bertz CT molecular complexity index is 557. The van der Waals surface area contributed by atoms with Crippen LogP contribution in [0.25, 0.3) is 0 Å². The molecule has 1 atom stereocenters. The van der Waals surface area contributed by atoms with Gasteiger partial charge in [0.05, 0.1) is 13.3 Å². The zero-order valence-electron chi connectivity index (χ0n) is 12.0. The van der Waals surface area contributed by atoms with E-state index in [0.29, 0.717) is 6.04 Å². The molecule has 1 aromatic carbocycles. The van der Waals surface area contributed by atoms with Gasteiger partial charge in [0.1, 0.15) is 5.75 Å². The summed E-state index contributed by atoms with van der Waals surface area (Å²) in [6.07, 6.45) is 4.53. The van der Waals surface area contributed by atoms with Gasteiger partial charge in [-0.2, -0.15) is 5.10 Å². The molecular weight excluding hydrogens is 250 g/mol. The van der Waals surface area contributed by atoms with Gasteiger partial charge in [-0.05, 0) is 43.4 Å². The van der Waals surface area contributed by atoms with E-state index in [1.807, 2.05) is 18.3 Å². The minimum atomic E-state index is 0.426. The lowest BCUT2D eigenvalue weighted by molar-refractivity contribution is 0.413. The maximum absolute atomic E-state index is 5.23. The molecule has 0 amide bonds. The number of hydrogen-bond acceptors (Lipinski definition) is 3. The largest absolute Gasteiger partial charge is 0.497 e. The Morgan fingerprint density at radius 1 is 1.35 bits per heavy atom. The molecule has 4 heteroatoms. The van der Waals surface area contributed by atoms with E-state index >= 15 is 0 Å². The Balaban J connectivity index is 1.70. The summed E-state index contributed by atoms with van der Waals surface area (Å²) < 4.78 is 5.23. The topological polar surface area (TPSA) is 49.9 Å². The Morgan fingerprint density at radius 2 is 2.10 bits per heavy atom. The molecule has 4 nitrogen and oxygen atoms in total. The Labute approximate surface area is 119 Å². The number of nitrogens with one attached hydrogen (secondary N) is 2. The van der Waals surface area contributed by atoms with Crippen LogP contribution in [0.1, 0.15) is 35.7 Å². The van der Waals surface area contributed by atoms with Crippen molar-refractivity contribution in [2.24, 2.45) is 5.92 Å². The predicted molar refractivity (Wildman–Crippen MR) is 78.6 cm³/mol. The minimum absolute atomic E-state index is 0.426. The molecule has 1 aliphatic carbocycles. The van der Waals surface area contributed by atoms with Crippen molar-refractivity contribution >= 4 is 0 Å². The number of aromatic amines is 1. The summed E-state index contributed by atoms with van der Waals surface area (Å²) in [5.41, 5.74) is 3.72. The van der Waals surface area contributed by atoms with Crippen molar-refractivity contribution in [1.29, 1.82) is 0 Å². The van der Waals surface area contributed by atoms with E-state index in [2.05, 4.69) is 34.6 Å². The summed E-state index contributed by atoms with van der Waals surface area (Å²) in [4.78, 5) is 0. The molecule has 0 unspecified atom stereocenters. The first-order valence-electron chi connectivity index (χ1n) is 7.14. The summed E-state index contributed by atoms with van der Waals surface area (Å²) in [5.74, 6) is 1.67. The number of methoxy groups -OCH3 is 1. The number of aromatic nitrogens is 2. The van der Waals surface area contributed by atoms with Gasteiger partial charge in [0, 0.05) is 23.8 Å². The molecule has 0 radical (unpaired) electrons. The van der Waals surface area contributed by atoms with Crippen LogP contribution in [0.4, 0.5) is 0 Å². The number of rotatable bonds is 6. The lowest BCUT2D eigenvalue weighted by atomic mass is 10.0. The molecule has 0 bridgehead atoms. The van der Waals surface area contributed by atoms with Crippen molar-refractivity contribution in [2.45, 2.75) is 32.4 Å². The fourth-order valence-corrected chi connectivity index (χ4v) is 2.57. The molecule has 1 heterocycles. The molecule has 1 fully saturated rings. The molecular formula is C16H21N3O. The third-order valence-electron chi connectivity index (χ3n) is 4.02. The van der Waals surface area contributed by atoms with Gasteiger partial charge >= 0.3 is 0 Å². The van der Waals surface area contributed by atoms with Gasteiger partial charge in [-0.1, -0.05) is 12.1 Å². The highest BCUT2D eigenvalue weighted by Crippen LogP contribution is 2.41. The van der Waals surface area contributed by atoms with Gasteiger partial charge in [0.2, 0.25) is 0 Å². The van der Waals surface area contributed by atoms with Crippen LogP contribution in [0, 0.1) is 12.8 Å². The Kier molecular flexibility index (Phi) is 3.74. The van der Waals surface area contributed by atoms with Crippen LogP contribution in [-0.2, 0) is 6.54 Å². The second-order valence-corrected chi connectivity index (χ2v) is 5.49. The summed E-state index contributed by atoms with van der Waals surface area (Å²) in [6.45, 7) is 2.92. The maximum atomic E-state index is 5.23. The third-order valence-corrected chi connectivity index (χ3v) is 4.02. The number of benzene rings is 1. The SMILES string of the molecule is COc1ccc([C@H](NCc2cn[nH]c2C)C2CC2)cc1. The molecule has 0 aliphatic heterocycles. The highest BCUT2D eigenvalue weighted by Gasteiger charge is 2.32. The van der Waals surface area contributed by atoms with Crippen LogP contribution >= 0.6 is 0 Å². The average Bonchev–Trinajstić information content (AvgIpc) is 3.23. The molecule has 3 rings (SSSR count). The number of ether oxygens (including phenoxy) is 1. The van der Waals surface area contributed by atoms with E-state index in [1.165, 1.54) is 24.0 Å². The fraction of sp³-hybridized carbons (Fsp3) is 0.438. The average molecular weight is 271 g/mol. The summed E-state index contributed by atoms with van der Waals surface area (Å²) >= 11 is 0. The second-order valence-electron chi connectivity index (χ2n) is 5.49. The number of nitrogens with zero attached hydrogens (tertiary/aromatic N) is 1. The third kappa shape index (κ3) is 2.85. The first-order chi connectivity index (χ1) is 9.78. The number of aryl methyl sites for hydroxylation is 1. The molecule has 1 aliphatic rings. The van der Waals surface area contributed by atoms with Crippen molar-refractivity contribution < 1.29 is 4.74 Å². The van der Waals surface area contributed by atoms with E-state index in [-0.39, 0.29) is 0 Å². The van der Waals surface area contributed by atoms with Crippen molar-refractivity contribution in [2.75, 3.05) is 7.11 Å². The van der Waals surface area contributed by atoms with Crippen LogP contribution in [0.5, 0.6) is 5.75 Å². The quantitative estimate of drug-likeness (QED) is 0.849. The first kappa shape index (κ1) is 13.2. The van der Waals surface area contributed by atoms with Gasteiger partial charge in [-0.15, -0.1) is 0 Å². The van der Waals surface area contributed by atoms with Crippen LogP contribution in [-0.4, -0.2) is 17.3 Å². The zero-order valence-corrected chi connectivity index (χ0v) is 12.0. The van der Waals surface area contributed by atoms with E-state index in [1.54, 1.807) is 7.11 Å². The summed E-state index contributed by atoms with van der Waals surface area (Å²) in [5, 5.41) is 10.7. The van der Waals surface area contributed by atoms with Crippen molar-refractivity contribution in [3.8, 4) is 5.75 Å². The van der Waals surface area contributed by atoms with Gasteiger partial charge in [0.25, 0.3) is 0 Å². The molecule has 0 spiro atoms. The van der Waals surface area contributed by atoms with Crippen molar-refractivity contribution in [1.82, 2.24) is 15.5 Å². The monoisotopic (exact) mass is 271 g/mol. The fourth-order valence-electron chi connectivity index (χ4n) is 2.57. The standard InChI is InChI=1S/C16H21N3O/c1-11-14(10-18-19-11)9-17-16(12-3-4-12)13-5-7-15(20-2)8-6-13/h5-8,10,12,16-17H,3-4,9H2,1-2H3,(H,18,19)/t16-/m1/s1. The van der Waals surface area contributed by atoms with Crippen LogP contribution in [0.2, 0.25) is 0 Å². The predicted octanol–water partition coefficient (Wildman–Crippen LogP) is 2.97.